The number of hydrazone groups is 1. The molecule has 3 nitrogen and oxygen atoms in total. The van der Waals surface area contributed by atoms with E-state index in [0.29, 0.717) is 6.17 Å². The predicted octanol–water partition coefficient (Wildman–Crippen LogP) is 3.85. The maximum atomic E-state index is 4.49. The Bertz CT molecular complexity index is 235. The van der Waals surface area contributed by atoms with E-state index in [-0.39, 0.29) is 5.41 Å². The van der Waals surface area contributed by atoms with Crippen molar-refractivity contribution in [3.8, 4) is 0 Å². The van der Waals surface area contributed by atoms with Gasteiger partial charge in [-0.05, 0) is 6.42 Å². The molecule has 0 aromatic rings. The molecule has 94 valence electrons. The summed E-state index contributed by atoms with van der Waals surface area (Å²) in [5.74, 6) is 0. The van der Waals surface area contributed by atoms with Crippen LogP contribution in [0.5, 0.6) is 0 Å². The summed E-state index contributed by atoms with van der Waals surface area (Å²) in [4.78, 5) is 0. The topological polar surface area (TPSA) is 18.8 Å². The van der Waals surface area contributed by atoms with Gasteiger partial charge in [-0.2, -0.15) is 5.10 Å². The van der Waals surface area contributed by atoms with E-state index in [2.05, 4.69) is 63.8 Å². The Morgan fingerprint density at radius 1 is 1.25 bits per heavy atom. The van der Waals surface area contributed by atoms with Crippen LogP contribution in [-0.4, -0.2) is 27.2 Å². The largest absolute Gasteiger partial charge is 0.280 e. The van der Waals surface area contributed by atoms with Crippen LogP contribution in [0.25, 0.3) is 0 Å². The van der Waals surface area contributed by atoms with Gasteiger partial charge in [-0.3, -0.25) is 8.12 Å². The van der Waals surface area contributed by atoms with Gasteiger partial charge >= 0.3 is 0 Å². The standard InChI is InChI=1S/C12H24IN3/c1-5-6-7-8-9-16-11(12(2,3)4)15(13)10-14-16/h10-11H,5-9H2,1-4H3. The molecule has 0 saturated carbocycles. The minimum absolute atomic E-state index is 0.239. The van der Waals surface area contributed by atoms with Gasteiger partial charge in [-0.15, -0.1) is 0 Å². The molecule has 1 heterocycles. The number of halogens is 1. The fourth-order valence-electron chi connectivity index (χ4n) is 2.07. The molecular weight excluding hydrogens is 313 g/mol. The van der Waals surface area contributed by atoms with Crippen LogP contribution in [0.1, 0.15) is 53.4 Å². The summed E-state index contributed by atoms with van der Waals surface area (Å²) in [5, 5.41) is 6.73. The lowest BCUT2D eigenvalue weighted by atomic mass is 9.92. The van der Waals surface area contributed by atoms with Crippen molar-refractivity contribution in [1.29, 1.82) is 0 Å². The van der Waals surface area contributed by atoms with Gasteiger partial charge in [0.2, 0.25) is 0 Å². The molecule has 0 radical (unpaired) electrons. The zero-order chi connectivity index (χ0) is 12.2. The van der Waals surface area contributed by atoms with Gasteiger partial charge in [-0.25, -0.2) is 0 Å². The van der Waals surface area contributed by atoms with Gasteiger partial charge < -0.3 is 0 Å². The lowest BCUT2D eigenvalue weighted by Gasteiger charge is -2.37. The Morgan fingerprint density at radius 3 is 2.50 bits per heavy atom. The zero-order valence-corrected chi connectivity index (χ0v) is 13.1. The van der Waals surface area contributed by atoms with Crippen molar-refractivity contribution in [1.82, 2.24) is 8.12 Å². The normalized spacial score (nSPS) is 20.9. The van der Waals surface area contributed by atoms with Crippen LogP contribution in [0, 0.1) is 5.41 Å². The summed E-state index contributed by atoms with van der Waals surface area (Å²) in [7, 11) is 0. The highest BCUT2D eigenvalue weighted by Gasteiger charge is 2.36. The molecule has 1 aliphatic rings. The first kappa shape index (κ1) is 14.1. The highest BCUT2D eigenvalue weighted by atomic mass is 127. The summed E-state index contributed by atoms with van der Waals surface area (Å²) in [6, 6.07) is 0. The number of nitrogens with zero attached hydrogens (tertiary/aromatic N) is 3. The molecule has 4 heteroatoms. The first-order chi connectivity index (χ1) is 7.46. The van der Waals surface area contributed by atoms with E-state index in [9.17, 15) is 0 Å². The van der Waals surface area contributed by atoms with E-state index in [4.69, 9.17) is 0 Å². The molecule has 1 unspecified atom stereocenters. The molecule has 0 N–H and O–H groups in total. The second-order valence-corrected chi connectivity index (χ2v) is 6.65. The van der Waals surface area contributed by atoms with E-state index < -0.39 is 0 Å². The quantitative estimate of drug-likeness (QED) is 0.431. The number of hydrogen-bond donors (Lipinski definition) is 0. The Kier molecular flexibility index (Phi) is 5.34. The van der Waals surface area contributed by atoms with E-state index >= 15 is 0 Å². The van der Waals surface area contributed by atoms with Crippen LogP contribution in [-0.2, 0) is 0 Å². The first-order valence-electron chi connectivity index (χ1n) is 6.21. The van der Waals surface area contributed by atoms with Gasteiger partial charge in [0.05, 0.1) is 22.9 Å². The van der Waals surface area contributed by atoms with Crippen molar-refractivity contribution in [2.45, 2.75) is 59.5 Å². The lowest BCUT2D eigenvalue weighted by Crippen LogP contribution is -2.45. The van der Waals surface area contributed by atoms with Crippen LogP contribution in [0.4, 0.5) is 0 Å². The molecule has 1 aliphatic heterocycles. The predicted molar refractivity (Wildman–Crippen MR) is 78.4 cm³/mol. The molecule has 0 fully saturated rings. The molecule has 0 amide bonds. The van der Waals surface area contributed by atoms with Gasteiger partial charge in [0.25, 0.3) is 0 Å². The van der Waals surface area contributed by atoms with E-state index in [1.54, 1.807) is 0 Å². The molecule has 0 aromatic carbocycles. The van der Waals surface area contributed by atoms with Crippen molar-refractivity contribution in [2.24, 2.45) is 10.5 Å². The van der Waals surface area contributed by atoms with Gasteiger partial charge in [0, 0.05) is 12.0 Å². The number of unbranched alkanes of at least 4 members (excludes halogenated alkanes) is 3. The minimum atomic E-state index is 0.239. The summed E-state index contributed by atoms with van der Waals surface area (Å²) in [6.07, 6.45) is 7.55. The second-order valence-electron chi connectivity index (χ2n) is 5.54. The van der Waals surface area contributed by atoms with Crippen molar-refractivity contribution in [3.63, 3.8) is 0 Å². The molecule has 0 aliphatic carbocycles. The Hall–Kier alpha value is 0. The minimum Gasteiger partial charge on any atom is -0.280 e. The molecule has 0 bridgehead atoms. The zero-order valence-electron chi connectivity index (χ0n) is 10.9. The third kappa shape index (κ3) is 3.79. The molecule has 0 saturated heterocycles. The summed E-state index contributed by atoms with van der Waals surface area (Å²) in [6.45, 7) is 10.2. The van der Waals surface area contributed by atoms with E-state index in [1.807, 2.05) is 6.34 Å². The Balaban J connectivity index is 2.43. The third-order valence-electron chi connectivity index (χ3n) is 2.84. The molecule has 0 spiro atoms. The Morgan fingerprint density at radius 2 is 1.94 bits per heavy atom. The average molecular weight is 337 g/mol. The van der Waals surface area contributed by atoms with Crippen molar-refractivity contribution < 1.29 is 0 Å². The maximum Gasteiger partial charge on any atom is 0.133 e. The SMILES string of the molecule is CCCCCCN1N=CN(I)C1C(C)(C)C. The summed E-state index contributed by atoms with van der Waals surface area (Å²) in [5.41, 5.74) is 0.239. The van der Waals surface area contributed by atoms with Crippen LogP contribution < -0.4 is 0 Å². The monoisotopic (exact) mass is 337 g/mol. The second kappa shape index (κ2) is 6.07. The van der Waals surface area contributed by atoms with Crippen molar-refractivity contribution in [3.05, 3.63) is 0 Å². The summed E-state index contributed by atoms with van der Waals surface area (Å²) >= 11 is 2.35. The third-order valence-corrected chi connectivity index (χ3v) is 3.62. The smallest absolute Gasteiger partial charge is 0.133 e. The number of hydrogen-bond acceptors (Lipinski definition) is 3. The average Bonchev–Trinajstić information content (AvgIpc) is 2.54. The summed E-state index contributed by atoms with van der Waals surface area (Å²) < 4.78 is 2.19. The molecule has 1 rings (SSSR count). The van der Waals surface area contributed by atoms with Crippen molar-refractivity contribution in [2.75, 3.05) is 6.54 Å². The van der Waals surface area contributed by atoms with Crippen LogP contribution in [0.2, 0.25) is 0 Å². The van der Waals surface area contributed by atoms with Gasteiger partial charge in [0.1, 0.15) is 12.5 Å². The Labute approximate surface area is 114 Å². The fourth-order valence-corrected chi connectivity index (χ4v) is 3.30. The van der Waals surface area contributed by atoms with Gasteiger partial charge in [-0.1, -0.05) is 47.0 Å². The fraction of sp³-hybridized carbons (Fsp3) is 0.917. The van der Waals surface area contributed by atoms with Crippen LogP contribution in [0.15, 0.2) is 5.10 Å². The number of rotatable bonds is 5. The maximum absolute atomic E-state index is 4.49. The first-order valence-corrected chi connectivity index (χ1v) is 7.18. The van der Waals surface area contributed by atoms with Crippen LogP contribution >= 0.6 is 22.9 Å². The van der Waals surface area contributed by atoms with E-state index in [0.717, 1.165) is 6.54 Å². The molecule has 1 atom stereocenters. The van der Waals surface area contributed by atoms with Crippen LogP contribution in [0.3, 0.4) is 0 Å². The highest BCUT2D eigenvalue weighted by molar-refractivity contribution is 14.1. The molecular formula is C12H24IN3. The lowest BCUT2D eigenvalue weighted by molar-refractivity contribution is 0.0797. The van der Waals surface area contributed by atoms with Crippen molar-refractivity contribution >= 4 is 29.2 Å². The highest BCUT2D eigenvalue weighted by Crippen LogP contribution is 2.32. The molecule has 16 heavy (non-hydrogen) atoms. The van der Waals surface area contributed by atoms with Gasteiger partial charge in [0.15, 0.2) is 0 Å². The molecule has 0 aromatic heterocycles. The van der Waals surface area contributed by atoms with E-state index in [1.165, 1.54) is 25.7 Å².